The number of thioether (sulfide) groups is 1. The largest absolute Gasteiger partial charge is 0.378 e. The highest BCUT2D eigenvalue weighted by Gasteiger charge is 2.05. The van der Waals surface area contributed by atoms with Gasteiger partial charge in [-0.05, 0) is 17.9 Å². The molecule has 118 valence electrons. The van der Waals surface area contributed by atoms with E-state index in [0.29, 0.717) is 16.8 Å². The first-order valence-corrected chi connectivity index (χ1v) is 8.36. The van der Waals surface area contributed by atoms with E-state index in [9.17, 15) is 4.79 Å². The van der Waals surface area contributed by atoms with Crippen LogP contribution in [0.3, 0.4) is 0 Å². The number of carbonyl (C=O) groups excluding carboxylic acids is 1. The SMILES string of the molecule is CS/C(N)=N\c1nc(-c2cccc(CNC(C)=O)c2)cs1.I. The smallest absolute Gasteiger partial charge is 0.217 e. The summed E-state index contributed by atoms with van der Waals surface area (Å²) < 4.78 is 0. The number of rotatable bonds is 4. The molecule has 0 aliphatic carbocycles. The number of nitrogens with zero attached hydrogens (tertiary/aromatic N) is 2. The van der Waals surface area contributed by atoms with E-state index in [1.165, 1.54) is 30.0 Å². The van der Waals surface area contributed by atoms with E-state index in [1.54, 1.807) is 0 Å². The van der Waals surface area contributed by atoms with E-state index in [2.05, 4.69) is 15.3 Å². The second-order valence-electron chi connectivity index (χ2n) is 4.28. The molecule has 0 radical (unpaired) electrons. The zero-order chi connectivity index (χ0) is 15.2. The first-order chi connectivity index (χ1) is 10.1. The van der Waals surface area contributed by atoms with E-state index in [-0.39, 0.29) is 29.9 Å². The molecule has 1 amide bonds. The van der Waals surface area contributed by atoms with Gasteiger partial charge in [0.2, 0.25) is 11.0 Å². The van der Waals surface area contributed by atoms with E-state index < -0.39 is 0 Å². The third-order valence-electron chi connectivity index (χ3n) is 2.67. The van der Waals surface area contributed by atoms with Gasteiger partial charge in [0, 0.05) is 24.4 Å². The lowest BCUT2D eigenvalue weighted by Crippen LogP contribution is -2.18. The van der Waals surface area contributed by atoms with Crippen molar-refractivity contribution in [3.63, 3.8) is 0 Å². The van der Waals surface area contributed by atoms with Crippen molar-refractivity contribution in [1.29, 1.82) is 0 Å². The lowest BCUT2D eigenvalue weighted by Gasteiger charge is -2.04. The molecule has 8 heteroatoms. The van der Waals surface area contributed by atoms with Crippen LogP contribution in [0, 0.1) is 0 Å². The fraction of sp³-hybridized carbons (Fsp3) is 0.214. The van der Waals surface area contributed by atoms with Crippen molar-refractivity contribution in [1.82, 2.24) is 10.3 Å². The number of nitrogens with two attached hydrogens (primary N) is 1. The Labute approximate surface area is 154 Å². The van der Waals surface area contributed by atoms with Gasteiger partial charge in [-0.15, -0.1) is 35.3 Å². The van der Waals surface area contributed by atoms with Gasteiger partial charge in [0.25, 0.3) is 0 Å². The van der Waals surface area contributed by atoms with Crippen LogP contribution in [0.25, 0.3) is 11.3 Å². The number of hydrogen-bond donors (Lipinski definition) is 2. The minimum absolute atomic E-state index is 0. The molecule has 3 N–H and O–H groups in total. The topological polar surface area (TPSA) is 80.4 Å². The van der Waals surface area contributed by atoms with Gasteiger partial charge in [-0.25, -0.2) is 4.98 Å². The highest BCUT2D eigenvalue weighted by Crippen LogP contribution is 2.27. The number of halogens is 1. The second-order valence-corrected chi connectivity index (χ2v) is 5.94. The molecule has 0 saturated heterocycles. The quantitative estimate of drug-likeness (QED) is 0.427. The summed E-state index contributed by atoms with van der Waals surface area (Å²) in [6.45, 7) is 2.02. The van der Waals surface area contributed by atoms with Crippen molar-refractivity contribution in [3.05, 3.63) is 35.2 Å². The molecule has 0 bridgehead atoms. The fourth-order valence-corrected chi connectivity index (χ4v) is 2.60. The highest BCUT2D eigenvalue weighted by molar-refractivity contribution is 14.0. The number of benzene rings is 1. The van der Waals surface area contributed by atoms with Crippen LogP contribution in [0.1, 0.15) is 12.5 Å². The van der Waals surface area contributed by atoms with E-state index in [4.69, 9.17) is 5.73 Å². The molecular formula is C14H17IN4OS2. The van der Waals surface area contributed by atoms with Gasteiger partial charge in [-0.3, -0.25) is 4.79 Å². The number of carbonyl (C=O) groups is 1. The van der Waals surface area contributed by atoms with Crippen molar-refractivity contribution in [2.45, 2.75) is 13.5 Å². The van der Waals surface area contributed by atoms with E-state index >= 15 is 0 Å². The molecule has 2 aromatic rings. The zero-order valence-electron chi connectivity index (χ0n) is 12.2. The van der Waals surface area contributed by atoms with Crippen LogP contribution in [0.15, 0.2) is 34.6 Å². The zero-order valence-corrected chi connectivity index (χ0v) is 16.2. The Kier molecular flexibility index (Phi) is 7.83. The van der Waals surface area contributed by atoms with Crippen molar-refractivity contribution in [3.8, 4) is 11.3 Å². The summed E-state index contributed by atoms with van der Waals surface area (Å²) in [5, 5.41) is 5.87. The average Bonchev–Trinajstić information content (AvgIpc) is 2.94. The van der Waals surface area contributed by atoms with Gasteiger partial charge in [0.1, 0.15) is 0 Å². The van der Waals surface area contributed by atoms with Crippen LogP contribution in [-0.4, -0.2) is 22.3 Å². The average molecular weight is 448 g/mol. The monoisotopic (exact) mass is 448 g/mol. The Morgan fingerprint density at radius 3 is 2.95 bits per heavy atom. The van der Waals surface area contributed by atoms with Crippen molar-refractivity contribution >= 4 is 63.3 Å². The molecule has 1 aromatic carbocycles. The van der Waals surface area contributed by atoms with Crippen LogP contribution < -0.4 is 11.1 Å². The van der Waals surface area contributed by atoms with Gasteiger partial charge in [0.05, 0.1) is 5.69 Å². The Morgan fingerprint density at radius 2 is 2.27 bits per heavy atom. The summed E-state index contributed by atoms with van der Waals surface area (Å²) in [6.07, 6.45) is 1.87. The molecule has 0 unspecified atom stereocenters. The summed E-state index contributed by atoms with van der Waals surface area (Å²) in [5.41, 5.74) is 8.57. The summed E-state index contributed by atoms with van der Waals surface area (Å²) >= 11 is 2.84. The minimum atomic E-state index is -0.0433. The molecule has 22 heavy (non-hydrogen) atoms. The molecule has 0 aliphatic heterocycles. The van der Waals surface area contributed by atoms with Gasteiger partial charge in [0.15, 0.2) is 5.17 Å². The van der Waals surface area contributed by atoms with Crippen molar-refractivity contribution in [2.75, 3.05) is 6.26 Å². The highest BCUT2D eigenvalue weighted by atomic mass is 127. The van der Waals surface area contributed by atoms with Gasteiger partial charge < -0.3 is 11.1 Å². The molecular weight excluding hydrogens is 431 g/mol. The lowest BCUT2D eigenvalue weighted by molar-refractivity contribution is -0.119. The third-order valence-corrected chi connectivity index (χ3v) is 3.92. The standard InChI is InChI=1S/C14H16N4OS2.HI/c1-9(19)16-7-10-4-3-5-11(6-10)12-8-21-14(17-12)18-13(15)20-2;/h3-6,8H,7H2,1-2H3,(H,16,19)(H2,15,17,18);1H. The fourth-order valence-electron chi connectivity index (χ4n) is 1.66. The molecule has 2 rings (SSSR count). The molecule has 0 fully saturated rings. The summed E-state index contributed by atoms with van der Waals surface area (Å²) in [7, 11) is 0. The number of aromatic nitrogens is 1. The molecule has 0 saturated carbocycles. The van der Waals surface area contributed by atoms with Crippen molar-refractivity contribution < 1.29 is 4.79 Å². The predicted octanol–water partition coefficient (Wildman–Crippen LogP) is 3.37. The number of aliphatic imine (C=N–C) groups is 1. The number of nitrogens with one attached hydrogen (secondary N) is 1. The number of amides is 1. The summed E-state index contributed by atoms with van der Waals surface area (Å²) in [4.78, 5) is 19.6. The maximum atomic E-state index is 11.0. The molecule has 0 aliphatic rings. The van der Waals surface area contributed by atoms with E-state index in [0.717, 1.165) is 16.8 Å². The molecule has 0 spiro atoms. The first-order valence-electron chi connectivity index (χ1n) is 6.26. The maximum absolute atomic E-state index is 11.0. The van der Waals surface area contributed by atoms with Crippen LogP contribution in [0.5, 0.6) is 0 Å². The molecule has 0 atom stereocenters. The summed E-state index contributed by atoms with van der Waals surface area (Å²) in [6, 6.07) is 7.91. The third kappa shape index (κ3) is 5.58. The van der Waals surface area contributed by atoms with Crippen LogP contribution in [-0.2, 0) is 11.3 Å². The minimum Gasteiger partial charge on any atom is -0.378 e. The molecule has 1 heterocycles. The van der Waals surface area contributed by atoms with Crippen LogP contribution in [0.2, 0.25) is 0 Å². The second kappa shape index (κ2) is 9.11. The van der Waals surface area contributed by atoms with E-state index in [1.807, 2.05) is 35.9 Å². The molecule has 5 nitrogen and oxygen atoms in total. The van der Waals surface area contributed by atoms with Gasteiger partial charge >= 0.3 is 0 Å². The maximum Gasteiger partial charge on any atom is 0.217 e. The normalized spacial score (nSPS) is 10.9. The Morgan fingerprint density at radius 1 is 1.50 bits per heavy atom. The lowest BCUT2D eigenvalue weighted by atomic mass is 10.1. The Hall–Kier alpha value is -1.13. The van der Waals surface area contributed by atoms with Gasteiger partial charge in [-0.1, -0.05) is 30.0 Å². The van der Waals surface area contributed by atoms with Gasteiger partial charge in [-0.2, -0.15) is 4.99 Å². The molecule has 1 aromatic heterocycles. The van der Waals surface area contributed by atoms with Crippen LogP contribution >= 0.6 is 47.1 Å². The van der Waals surface area contributed by atoms with Crippen molar-refractivity contribution in [2.24, 2.45) is 10.7 Å². The Bertz CT molecular complexity index is 672. The Balaban J connectivity index is 0.00000242. The predicted molar refractivity (Wildman–Crippen MR) is 105 cm³/mol. The summed E-state index contributed by atoms with van der Waals surface area (Å²) in [5.74, 6) is -0.0433. The number of thiazole rings is 1. The first kappa shape index (κ1) is 18.9. The number of hydrogen-bond acceptors (Lipinski definition) is 5. The number of amidine groups is 1. The van der Waals surface area contributed by atoms with Crippen LogP contribution in [0.4, 0.5) is 5.13 Å².